The first-order valence-corrected chi connectivity index (χ1v) is 6.61. The molecule has 0 bridgehead atoms. The number of ether oxygens (including phenoxy) is 1. The Morgan fingerprint density at radius 1 is 1.41 bits per heavy atom. The minimum absolute atomic E-state index is 0.210. The van der Waals surface area contributed by atoms with Crippen molar-refractivity contribution in [2.24, 2.45) is 16.6 Å². The van der Waals surface area contributed by atoms with Crippen LogP contribution in [0.1, 0.15) is 32.6 Å². The van der Waals surface area contributed by atoms with E-state index in [0.29, 0.717) is 12.5 Å². The first kappa shape index (κ1) is 12.3. The lowest BCUT2D eigenvalue weighted by molar-refractivity contribution is 0.131. The van der Waals surface area contributed by atoms with E-state index in [1.807, 2.05) is 0 Å². The van der Waals surface area contributed by atoms with Crippen LogP contribution in [0.4, 0.5) is 0 Å². The average molecular weight is 237 g/mol. The Morgan fingerprint density at radius 3 is 2.82 bits per heavy atom. The Morgan fingerprint density at radius 2 is 2.18 bits per heavy atom. The van der Waals surface area contributed by atoms with E-state index in [1.165, 1.54) is 12.8 Å². The van der Waals surface area contributed by atoms with Gasteiger partial charge < -0.3 is 15.4 Å². The van der Waals surface area contributed by atoms with Gasteiger partial charge in [-0.3, -0.25) is 0 Å². The van der Waals surface area contributed by atoms with Crippen molar-refractivity contribution >= 4 is 5.96 Å². The molecule has 2 aliphatic heterocycles. The first-order valence-electron chi connectivity index (χ1n) is 6.61. The number of allylic oxidation sites excluding steroid dienone is 1. The molecule has 0 aromatic carbocycles. The second kappa shape index (κ2) is 5.94. The molecule has 96 valence electrons. The van der Waals surface area contributed by atoms with E-state index >= 15 is 0 Å². The maximum Gasteiger partial charge on any atom is 0.191 e. The van der Waals surface area contributed by atoms with E-state index in [9.17, 15) is 0 Å². The lowest BCUT2D eigenvalue weighted by Crippen LogP contribution is -2.43. The fraction of sp³-hybridized carbons (Fsp3) is 0.769. The van der Waals surface area contributed by atoms with Gasteiger partial charge in [-0.25, -0.2) is 4.99 Å². The smallest absolute Gasteiger partial charge is 0.191 e. The Kier molecular flexibility index (Phi) is 4.29. The van der Waals surface area contributed by atoms with Gasteiger partial charge in [0, 0.05) is 13.1 Å². The normalized spacial score (nSPS) is 27.0. The predicted octanol–water partition coefficient (Wildman–Crippen LogP) is 1.73. The zero-order valence-corrected chi connectivity index (χ0v) is 10.6. The fourth-order valence-electron chi connectivity index (χ4n) is 2.25. The Bertz CT molecular complexity index is 293. The van der Waals surface area contributed by atoms with Gasteiger partial charge >= 0.3 is 0 Å². The van der Waals surface area contributed by atoms with Gasteiger partial charge in [-0.15, -0.1) is 0 Å². The van der Waals surface area contributed by atoms with E-state index in [1.54, 1.807) is 6.26 Å². The summed E-state index contributed by atoms with van der Waals surface area (Å²) in [6.45, 7) is 5.07. The van der Waals surface area contributed by atoms with Crippen LogP contribution in [0.2, 0.25) is 0 Å². The molecule has 0 aliphatic carbocycles. The van der Waals surface area contributed by atoms with Crippen molar-refractivity contribution in [2.45, 2.75) is 38.7 Å². The number of nitrogens with two attached hydrogens (primary N) is 1. The second-order valence-electron chi connectivity index (χ2n) is 5.08. The van der Waals surface area contributed by atoms with Crippen molar-refractivity contribution < 1.29 is 4.74 Å². The highest BCUT2D eigenvalue weighted by Gasteiger charge is 2.17. The molecule has 2 heterocycles. The van der Waals surface area contributed by atoms with Gasteiger partial charge in [0.1, 0.15) is 6.10 Å². The number of aliphatic imine (C=N–C) groups is 1. The van der Waals surface area contributed by atoms with Crippen LogP contribution in [0, 0.1) is 5.92 Å². The van der Waals surface area contributed by atoms with Crippen LogP contribution in [0.25, 0.3) is 0 Å². The lowest BCUT2D eigenvalue weighted by atomic mass is 10.00. The summed E-state index contributed by atoms with van der Waals surface area (Å²) >= 11 is 0. The Labute approximate surface area is 104 Å². The molecule has 1 saturated heterocycles. The molecule has 17 heavy (non-hydrogen) atoms. The molecule has 0 aromatic heterocycles. The fourth-order valence-corrected chi connectivity index (χ4v) is 2.25. The van der Waals surface area contributed by atoms with Crippen LogP contribution in [0.5, 0.6) is 0 Å². The molecular weight excluding hydrogens is 214 g/mol. The topological polar surface area (TPSA) is 50.8 Å². The van der Waals surface area contributed by atoms with Gasteiger partial charge in [-0.2, -0.15) is 0 Å². The van der Waals surface area contributed by atoms with Gasteiger partial charge in [0.05, 0.1) is 12.8 Å². The molecular formula is C13H23N3O. The molecule has 0 saturated carbocycles. The van der Waals surface area contributed by atoms with Crippen molar-refractivity contribution in [3.8, 4) is 0 Å². The summed E-state index contributed by atoms with van der Waals surface area (Å²) in [6, 6.07) is 0. The summed E-state index contributed by atoms with van der Waals surface area (Å²) < 4.78 is 5.47. The molecule has 1 unspecified atom stereocenters. The number of piperidine rings is 1. The third-order valence-corrected chi connectivity index (χ3v) is 3.59. The maximum absolute atomic E-state index is 6.01. The molecule has 2 N–H and O–H groups in total. The highest BCUT2D eigenvalue weighted by Crippen LogP contribution is 2.16. The monoisotopic (exact) mass is 237 g/mol. The second-order valence-corrected chi connectivity index (χ2v) is 5.08. The van der Waals surface area contributed by atoms with Crippen molar-refractivity contribution in [3.63, 3.8) is 0 Å². The molecule has 0 radical (unpaired) electrons. The molecule has 2 rings (SSSR count). The highest BCUT2D eigenvalue weighted by molar-refractivity contribution is 5.78. The third kappa shape index (κ3) is 3.65. The van der Waals surface area contributed by atoms with Gasteiger partial charge in [0.2, 0.25) is 0 Å². The minimum Gasteiger partial charge on any atom is -0.496 e. The summed E-state index contributed by atoms with van der Waals surface area (Å²) in [6.07, 6.45) is 8.61. The Hall–Kier alpha value is -1.19. The summed E-state index contributed by atoms with van der Waals surface area (Å²) in [5.74, 6) is 1.51. The third-order valence-electron chi connectivity index (χ3n) is 3.59. The highest BCUT2D eigenvalue weighted by atomic mass is 16.5. The van der Waals surface area contributed by atoms with Crippen LogP contribution in [-0.4, -0.2) is 36.6 Å². The van der Waals surface area contributed by atoms with Gasteiger partial charge in [0.25, 0.3) is 0 Å². The minimum atomic E-state index is 0.210. The summed E-state index contributed by atoms with van der Waals surface area (Å²) in [5, 5.41) is 0. The number of guanidine groups is 1. The molecule has 2 aliphatic rings. The lowest BCUT2D eigenvalue weighted by Gasteiger charge is -2.31. The number of hydrogen-bond donors (Lipinski definition) is 1. The number of rotatable bonds is 2. The first-order chi connectivity index (χ1) is 8.25. The average Bonchev–Trinajstić information content (AvgIpc) is 2.38. The molecule has 0 aromatic rings. The molecule has 1 atom stereocenters. The standard InChI is InChI=1S/C13H23N3O/c1-11-5-7-16(8-6-11)13(14)15-10-12-4-2-3-9-17-12/h3,9,11-12H,2,4-8,10H2,1H3,(H2,14,15). The molecule has 1 fully saturated rings. The largest absolute Gasteiger partial charge is 0.496 e. The van der Waals surface area contributed by atoms with Crippen LogP contribution in [0.3, 0.4) is 0 Å². The zero-order chi connectivity index (χ0) is 12.1. The van der Waals surface area contributed by atoms with E-state index in [-0.39, 0.29) is 6.10 Å². The van der Waals surface area contributed by atoms with Crippen LogP contribution < -0.4 is 5.73 Å². The van der Waals surface area contributed by atoms with Crippen LogP contribution >= 0.6 is 0 Å². The maximum atomic E-state index is 6.01. The zero-order valence-electron chi connectivity index (χ0n) is 10.6. The van der Waals surface area contributed by atoms with E-state index in [0.717, 1.165) is 31.8 Å². The van der Waals surface area contributed by atoms with Crippen LogP contribution in [-0.2, 0) is 4.74 Å². The SMILES string of the molecule is CC1CCN(C(N)=NCC2CCC=CO2)CC1. The quantitative estimate of drug-likeness (QED) is 0.588. The van der Waals surface area contributed by atoms with Crippen LogP contribution in [0.15, 0.2) is 17.3 Å². The summed E-state index contributed by atoms with van der Waals surface area (Å²) in [7, 11) is 0. The van der Waals surface area contributed by atoms with Gasteiger partial charge in [-0.05, 0) is 37.7 Å². The van der Waals surface area contributed by atoms with Gasteiger partial charge in [0.15, 0.2) is 5.96 Å². The van der Waals surface area contributed by atoms with Gasteiger partial charge in [-0.1, -0.05) is 6.92 Å². The van der Waals surface area contributed by atoms with E-state index in [4.69, 9.17) is 10.5 Å². The van der Waals surface area contributed by atoms with E-state index < -0.39 is 0 Å². The summed E-state index contributed by atoms with van der Waals surface area (Å²) in [4.78, 5) is 6.65. The molecule has 4 heteroatoms. The number of likely N-dealkylation sites (tertiary alicyclic amines) is 1. The predicted molar refractivity (Wildman–Crippen MR) is 69.7 cm³/mol. The van der Waals surface area contributed by atoms with E-state index in [2.05, 4.69) is 22.9 Å². The number of hydrogen-bond acceptors (Lipinski definition) is 2. The summed E-state index contributed by atoms with van der Waals surface area (Å²) in [5.41, 5.74) is 6.01. The van der Waals surface area contributed by atoms with Crippen molar-refractivity contribution in [1.29, 1.82) is 0 Å². The Balaban J connectivity index is 1.78. The number of nitrogens with zero attached hydrogens (tertiary/aromatic N) is 2. The van der Waals surface area contributed by atoms with Crippen molar-refractivity contribution in [3.05, 3.63) is 12.3 Å². The molecule has 0 amide bonds. The van der Waals surface area contributed by atoms with Crippen molar-refractivity contribution in [2.75, 3.05) is 19.6 Å². The molecule has 0 spiro atoms. The van der Waals surface area contributed by atoms with Crippen molar-refractivity contribution in [1.82, 2.24) is 4.90 Å². The molecule has 4 nitrogen and oxygen atoms in total.